The van der Waals surface area contributed by atoms with Gasteiger partial charge in [-0.25, -0.2) is 4.79 Å². The number of hydrogen-bond donors (Lipinski definition) is 2. The molecule has 0 aromatic rings. The van der Waals surface area contributed by atoms with Crippen LogP contribution in [0.25, 0.3) is 0 Å². The lowest BCUT2D eigenvalue weighted by atomic mass is 10.1. The summed E-state index contributed by atoms with van der Waals surface area (Å²) in [6.07, 6.45) is 2.87. The predicted octanol–water partition coefficient (Wildman–Crippen LogP) is 0.502. The van der Waals surface area contributed by atoms with Crippen LogP contribution in [0.3, 0.4) is 0 Å². The second-order valence-corrected chi connectivity index (χ2v) is 5.07. The van der Waals surface area contributed by atoms with Crippen LogP contribution >= 0.6 is 0 Å². The van der Waals surface area contributed by atoms with E-state index in [2.05, 4.69) is 0 Å². The summed E-state index contributed by atoms with van der Waals surface area (Å²) in [6, 6.07) is 0.161. The fourth-order valence-electron chi connectivity index (χ4n) is 2.28. The van der Waals surface area contributed by atoms with Gasteiger partial charge in [-0.15, -0.1) is 0 Å². The van der Waals surface area contributed by atoms with E-state index in [1.807, 2.05) is 0 Å². The average Bonchev–Trinajstić information content (AvgIpc) is 3.14. The van der Waals surface area contributed by atoms with Gasteiger partial charge < -0.3 is 20.0 Å². The third-order valence-corrected chi connectivity index (χ3v) is 3.53. The fraction of sp³-hybridized carbons (Fsp3) is 0.833. The minimum absolute atomic E-state index is 0.00128. The van der Waals surface area contributed by atoms with Gasteiger partial charge in [-0.05, 0) is 25.7 Å². The standard InChI is InChI=1S/C12H20N2O4/c15-10-3-6-13(7-4-10)12(18)14(9-1-2-9)8-5-11(16)17/h9-10,15H,1-8H2,(H,16,17). The highest BCUT2D eigenvalue weighted by Crippen LogP contribution is 2.28. The molecule has 2 rings (SSSR count). The first-order valence-electron chi connectivity index (χ1n) is 6.53. The number of carbonyl (C=O) groups excluding carboxylic acids is 1. The average molecular weight is 256 g/mol. The van der Waals surface area contributed by atoms with Gasteiger partial charge in [0.2, 0.25) is 0 Å². The monoisotopic (exact) mass is 256 g/mol. The van der Waals surface area contributed by atoms with E-state index < -0.39 is 5.97 Å². The zero-order valence-corrected chi connectivity index (χ0v) is 10.4. The number of piperidine rings is 1. The first-order chi connectivity index (χ1) is 8.58. The SMILES string of the molecule is O=C(O)CCN(C(=O)N1CCC(O)CC1)C1CC1. The maximum absolute atomic E-state index is 12.3. The molecular weight excluding hydrogens is 236 g/mol. The number of hydrogen-bond acceptors (Lipinski definition) is 3. The second-order valence-electron chi connectivity index (χ2n) is 5.07. The van der Waals surface area contributed by atoms with Crippen LogP contribution in [0.4, 0.5) is 4.79 Å². The largest absolute Gasteiger partial charge is 0.481 e. The van der Waals surface area contributed by atoms with Crippen molar-refractivity contribution in [3.63, 3.8) is 0 Å². The maximum atomic E-state index is 12.3. The van der Waals surface area contributed by atoms with Crippen molar-refractivity contribution in [2.24, 2.45) is 0 Å². The first kappa shape index (κ1) is 13.1. The maximum Gasteiger partial charge on any atom is 0.320 e. The minimum atomic E-state index is -0.873. The van der Waals surface area contributed by atoms with Crippen LogP contribution in [-0.4, -0.2) is 63.8 Å². The third-order valence-electron chi connectivity index (χ3n) is 3.53. The Bertz CT molecular complexity index is 322. The van der Waals surface area contributed by atoms with Gasteiger partial charge in [0.15, 0.2) is 0 Å². The number of likely N-dealkylation sites (tertiary alicyclic amines) is 1. The number of nitrogens with zero attached hydrogens (tertiary/aromatic N) is 2. The Morgan fingerprint density at radius 3 is 2.28 bits per heavy atom. The molecule has 1 saturated heterocycles. The Morgan fingerprint density at radius 1 is 1.17 bits per heavy atom. The molecule has 1 saturated carbocycles. The third kappa shape index (κ3) is 3.35. The molecule has 0 bridgehead atoms. The van der Waals surface area contributed by atoms with Gasteiger partial charge in [-0.1, -0.05) is 0 Å². The van der Waals surface area contributed by atoms with E-state index in [1.165, 1.54) is 0 Å². The van der Waals surface area contributed by atoms with Crippen LogP contribution in [-0.2, 0) is 4.79 Å². The minimum Gasteiger partial charge on any atom is -0.481 e. The normalized spacial score (nSPS) is 20.8. The van der Waals surface area contributed by atoms with Crippen LogP contribution in [0.1, 0.15) is 32.1 Å². The fourth-order valence-corrected chi connectivity index (χ4v) is 2.28. The van der Waals surface area contributed by atoms with E-state index in [9.17, 15) is 14.7 Å². The number of carbonyl (C=O) groups is 2. The van der Waals surface area contributed by atoms with E-state index >= 15 is 0 Å². The van der Waals surface area contributed by atoms with Gasteiger partial charge in [0.1, 0.15) is 0 Å². The van der Waals surface area contributed by atoms with Gasteiger partial charge in [0.05, 0.1) is 12.5 Å². The summed E-state index contributed by atoms with van der Waals surface area (Å²) >= 11 is 0. The molecule has 1 aliphatic carbocycles. The molecule has 18 heavy (non-hydrogen) atoms. The van der Waals surface area contributed by atoms with Gasteiger partial charge in [-0.2, -0.15) is 0 Å². The summed E-state index contributed by atoms with van der Waals surface area (Å²) in [4.78, 5) is 26.3. The topological polar surface area (TPSA) is 81.1 Å². The summed E-state index contributed by atoms with van der Waals surface area (Å²) in [5.41, 5.74) is 0. The van der Waals surface area contributed by atoms with Crippen molar-refractivity contribution in [2.75, 3.05) is 19.6 Å². The Kier molecular flexibility index (Phi) is 4.06. The first-order valence-corrected chi connectivity index (χ1v) is 6.53. The van der Waals surface area contributed by atoms with Crippen molar-refractivity contribution >= 4 is 12.0 Å². The number of aliphatic hydroxyl groups excluding tert-OH is 1. The Labute approximate surface area is 106 Å². The number of carboxylic acid groups (broad SMARTS) is 1. The van der Waals surface area contributed by atoms with Crippen molar-refractivity contribution in [3.8, 4) is 0 Å². The molecular formula is C12H20N2O4. The Hall–Kier alpha value is -1.30. The van der Waals surface area contributed by atoms with Crippen LogP contribution in [0.5, 0.6) is 0 Å². The molecule has 1 heterocycles. The zero-order chi connectivity index (χ0) is 13.1. The lowest BCUT2D eigenvalue weighted by molar-refractivity contribution is -0.137. The van der Waals surface area contributed by atoms with Crippen molar-refractivity contribution < 1.29 is 19.8 Å². The zero-order valence-electron chi connectivity index (χ0n) is 10.4. The molecule has 102 valence electrons. The number of amides is 2. The highest BCUT2D eigenvalue weighted by Gasteiger charge is 2.35. The van der Waals surface area contributed by atoms with Gasteiger partial charge in [-0.3, -0.25) is 4.79 Å². The molecule has 2 amide bonds. The van der Waals surface area contributed by atoms with Gasteiger partial charge >= 0.3 is 12.0 Å². The number of urea groups is 1. The van der Waals surface area contributed by atoms with Gasteiger partial charge in [0, 0.05) is 25.7 Å². The molecule has 6 heteroatoms. The predicted molar refractivity (Wildman–Crippen MR) is 64.2 cm³/mol. The summed E-state index contributed by atoms with van der Waals surface area (Å²) in [7, 11) is 0. The van der Waals surface area contributed by atoms with Crippen LogP contribution in [0.2, 0.25) is 0 Å². The highest BCUT2D eigenvalue weighted by molar-refractivity contribution is 5.76. The van der Waals surface area contributed by atoms with Crippen molar-refractivity contribution in [2.45, 2.75) is 44.2 Å². The quantitative estimate of drug-likeness (QED) is 0.767. The lowest BCUT2D eigenvalue weighted by Gasteiger charge is -2.34. The molecule has 0 aromatic carbocycles. The molecule has 0 aromatic heterocycles. The van der Waals surface area contributed by atoms with E-state index in [4.69, 9.17) is 5.11 Å². The van der Waals surface area contributed by atoms with E-state index in [0.29, 0.717) is 25.9 Å². The highest BCUT2D eigenvalue weighted by atomic mass is 16.4. The molecule has 1 aliphatic heterocycles. The Morgan fingerprint density at radius 2 is 1.78 bits per heavy atom. The smallest absolute Gasteiger partial charge is 0.320 e. The van der Waals surface area contributed by atoms with Crippen molar-refractivity contribution in [3.05, 3.63) is 0 Å². The summed E-state index contributed by atoms with van der Waals surface area (Å²) in [5, 5.41) is 18.1. The summed E-state index contributed by atoms with van der Waals surface area (Å²) in [6.45, 7) is 1.42. The molecule has 0 unspecified atom stereocenters. The lowest BCUT2D eigenvalue weighted by Crippen LogP contribution is -2.48. The van der Waals surface area contributed by atoms with Crippen LogP contribution in [0.15, 0.2) is 0 Å². The number of aliphatic carboxylic acids is 1. The Balaban J connectivity index is 1.89. The van der Waals surface area contributed by atoms with E-state index in [-0.39, 0.29) is 31.1 Å². The molecule has 2 aliphatic rings. The van der Waals surface area contributed by atoms with Crippen molar-refractivity contribution in [1.29, 1.82) is 0 Å². The number of carboxylic acids is 1. The number of aliphatic hydroxyl groups is 1. The van der Waals surface area contributed by atoms with Crippen molar-refractivity contribution in [1.82, 2.24) is 9.80 Å². The summed E-state index contributed by atoms with van der Waals surface area (Å²) < 4.78 is 0. The van der Waals surface area contributed by atoms with Gasteiger partial charge in [0.25, 0.3) is 0 Å². The summed E-state index contributed by atoms with van der Waals surface area (Å²) in [5.74, 6) is -0.873. The molecule has 2 N–H and O–H groups in total. The molecule has 0 radical (unpaired) electrons. The van der Waals surface area contributed by atoms with Crippen LogP contribution < -0.4 is 0 Å². The molecule has 2 fully saturated rings. The second kappa shape index (κ2) is 5.56. The van der Waals surface area contributed by atoms with E-state index in [0.717, 1.165) is 12.8 Å². The van der Waals surface area contributed by atoms with Crippen LogP contribution in [0, 0.1) is 0 Å². The number of rotatable bonds is 4. The van der Waals surface area contributed by atoms with E-state index in [1.54, 1.807) is 9.80 Å². The molecule has 0 atom stereocenters. The molecule has 6 nitrogen and oxygen atoms in total. The molecule has 0 spiro atoms.